The number of amides is 1. The van der Waals surface area contributed by atoms with Crippen LogP contribution in [0, 0.1) is 6.92 Å². The number of halogens is 1. The molecule has 0 atom stereocenters. The first-order chi connectivity index (χ1) is 13.0. The fourth-order valence-electron chi connectivity index (χ4n) is 2.43. The van der Waals surface area contributed by atoms with Gasteiger partial charge < -0.3 is 10.1 Å². The number of thiazole rings is 1. The van der Waals surface area contributed by atoms with Crippen molar-refractivity contribution in [2.45, 2.75) is 18.7 Å². The lowest BCUT2D eigenvalue weighted by molar-refractivity contribution is -0.113. The van der Waals surface area contributed by atoms with Gasteiger partial charge in [-0.2, -0.15) is 0 Å². The van der Waals surface area contributed by atoms with E-state index < -0.39 is 0 Å². The fourth-order valence-corrected chi connectivity index (χ4v) is 4.10. The number of carbonyl (C=O) groups is 1. The minimum atomic E-state index is -0.0815. The fraction of sp³-hybridized carbons (Fsp3) is 0.200. The van der Waals surface area contributed by atoms with Crippen LogP contribution in [0.2, 0.25) is 5.02 Å². The van der Waals surface area contributed by atoms with Crippen LogP contribution in [-0.2, 0) is 4.79 Å². The van der Waals surface area contributed by atoms with Crippen LogP contribution in [0.15, 0.2) is 53.4 Å². The summed E-state index contributed by atoms with van der Waals surface area (Å²) in [5, 5.41) is 4.18. The highest BCUT2D eigenvalue weighted by Gasteiger charge is 2.12. The van der Waals surface area contributed by atoms with Gasteiger partial charge in [0.25, 0.3) is 0 Å². The highest BCUT2D eigenvalue weighted by Crippen LogP contribution is 2.31. The van der Waals surface area contributed by atoms with E-state index in [-0.39, 0.29) is 5.91 Å². The zero-order valence-corrected chi connectivity index (χ0v) is 17.4. The smallest absolute Gasteiger partial charge is 0.236 e. The van der Waals surface area contributed by atoms with Crippen LogP contribution in [0.4, 0.5) is 5.13 Å². The molecule has 27 heavy (non-hydrogen) atoms. The summed E-state index contributed by atoms with van der Waals surface area (Å²) >= 11 is 8.81. The lowest BCUT2D eigenvalue weighted by Gasteiger charge is -2.04. The van der Waals surface area contributed by atoms with Gasteiger partial charge in [0.15, 0.2) is 5.13 Å². The van der Waals surface area contributed by atoms with E-state index in [9.17, 15) is 4.79 Å². The molecule has 7 heteroatoms. The molecule has 0 saturated carbocycles. The highest BCUT2D eigenvalue weighted by atomic mass is 35.5. The molecule has 1 N–H and O–H groups in total. The molecule has 3 aromatic rings. The summed E-state index contributed by atoms with van der Waals surface area (Å²) in [7, 11) is 0. The van der Waals surface area contributed by atoms with Gasteiger partial charge >= 0.3 is 0 Å². The Morgan fingerprint density at radius 3 is 2.56 bits per heavy atom. The van der Waals surface area contributed by atoms with E-state index in [1.165, 1.54) is 23.1 Å². The lowest BCUT2D eigenvalue weighted by Crippen LogP contribution is -2.13. The maximum atomic E-state index is 12.2. The molecule has 0 saturated heterocycles. The number of anilines is 1. The number of ether oxygens (including phenoxy) is 1. The standard InChI is InChI=1S/C20H19ClN2O2S2/c1-3-25-16-8-4-14(5-9-16)19-13(2)27-20(23-19)22-18(24)12-26-17-10-6-15(21)7-11-17/h4-11H,3,12H2,1-2H3,(H,22,23,24). The Hall–Kier alpha value is -2.02. The zero-order chi connectivity index (χ0) is 19.2. The number of rotatable bonds is 7. The van der Waals surface area contributed by atoms with Gasteiger partial charge in [-0.15, -0.1) is 23.1 Å². The predicted octanol–water partition coefficient (Wildman–Crippen LogP) is 5.90. The summed E-state index contributed by atoms with van der Waals surface area (Å²) in [6, 6.07) is 15.3. The molecule has 0 aliphatic carbocycles. The molecule has 1 amide bonds. The van der Waals surface area contributed by atoms with E-state index in [1.807, 2.05) is 62.4 Å². The molecule has 0 radical (unpaired) electrons. The maximum Gasteiger partial charge on any atom is 0.236 e. The van der Waals surface area contributed by atoms with E-state index in [0.29, 0.717) is 22.5 Å². The second kappa shape index (κ2) is 9.26. The number of hydrogen-bond donors (Lipinski definition) is 1. The van der Waals surface area contributed by atoms with Crippen molar-refractivity contribution in [2.24, 2.45) is 0 Å². The lowest BCUT2D eigenvalue weighted by atomic mass is 10.1. The number of nitrogens with zero attached hydrogens (tertiary/aromatic N) is 1. The molecular weight excluding hydrogens is 400 g/mol. The molecule has 3 rings (SSSR count). The largest absolute Gasteiger partial charge is 0.494 e. The minimum Gasteiger partial charge on any atom is -0.494 e. The number of carbonyl (C=O) groups excluding carboxylic acids is 1. The van der Waals surface area contributed by atoms with Crippen molar-refractivity contribution in [3.05, 3.63) is 58.4 Å². The van der Waals surface area contributed by atoms with Crippen molar-refractivity contribution in [3.8, 4) is 17.0 Å². The minimum absolute atomic E-state index is 0.0815. The molecule has 2 aromatic carbocycles. The van der Waals surface area contributed by atoms with E-state index in [2.05, 4.69) is 10.3 Å². The van der Waals surface area contributed by atoms with Crippen molar-refractivity contribution >= 4 is 45.7 Å². The Balaban J connectivity index is 1.61. The zero-order valence-electron chi connectivity index (χ0n) is 15.0. The molecule has 4 nitrogen and oxygen atoms in total. The Morgan fingerprint density at radius 2 is 1.89 bits per heavy atom. The Bertz CT molecular complexity index is 909. The number of benzene rings is 2. The van der Waals surface area contributed by atoms with Crippen LogP contribution in [0.25, 0.3) is 11.3 Å². The monoisotopic (exact) mass is 418 g/mol. The van der Waals surface area contributed by atoms with Gasteiger partial charge in [-0.05, 0) is 62.4 Å². The normalized spacial score (nSPS) is 10.6. The summed E-state index contributed by atoms with van der Waals surface area (Å²) < 4.78 is 5.47. The van der Waals surface area contributed by atoms with Crippen LogP contribution >= 0.6 is 34.7 Å². The summed E-state index contributed by atoms with van der Waals surface area (Å²) in [5.41, 5.74) is 1.88. The van der Waals surface area contributed by atoms with Crippen molar-refractivity contribution in [3.63, 3.8) is 0 Å². The van der Waals surface area contributed by atoms with E-state index >= 15 is 0 Å². The molecular formula is C20H19ClN2O2S2. The second-order valence-corrected chi connectivity index (χ2v) is 8.36. The number of aromatic nitrogens is 1. The molecule has 0 fully saturated rings. The molecule has 0 bridgehead atoms. The van der Waals surface area contributed by atoms with Crippen LogP contribution in [0.5, 0.6) is 5.75 Å². The van der Waals surface area contributed by atoms with E-state index in [4.69, 9.17) is 16.3 Å². The molecule has 1 heterocycles. The third-order valence-electron chi connectivity index (χ3n) is 3.67. The highest BCUT2D eigenvalue weighted by molar-refractivity contribution is 8.00. The van der Waals surface area contributed by atoms with Gasteiger partial charge in [-0.25, -0.2) is 4.98 Å². The van der Waals surface area contributed by atoms with Crippen molar-refractivity contribution in [1.29, 1.82) is 0 Å². The molecule has 0 unspecified atom stereocenters. The van der Waals surface area contributed by atoms with Gasteiger partial charge in [0, 0.05) is 20.4 Å². The van der Waals surface area contributed by atoms with E-state index in [1.54, 1.807) is 0 Å². The number of hydrogen-bond acceptors (Lipinski definition) is 5. The van der Waals surface area contributed by atoms with Crippen LogP contribution in [0.1, 0.15) is 11.8 Å². The summed E-state index contributed by atoms with van der Waals surface area (Å²) in [6.45, 7) is 4.60. The van der Waals surface area contributed by atoms with Crippen molar-refractivity contribution < 1.29 is 9.53 Å². The molecule has 0 aliphatic rings. The summed E-state index contributed by atoms with van der Waals surface area (Å²) in [5.74, 6) is 1.07. The summed E-state index contributed by atoms with van der Waals surface area (Å²) in [4.78, 5) is 18.9. The third kappa shape index (κ3) is 5.48. The van der Waals surface area contributed by atoms with Gasteiger partial charge in [0.2, 0.25) is 5.91 Å². The molecule has 0 spiro atoms. The number of nitrogens with one attached hydrogen (secondary N) is 1. The molecule has 140 valence electrons. The third-order valence-corrected chi connectivity index (χ3v) is 5.82. The summed E-state index contributed by atoms with van der Waals surface area (Å²) in [6.07, 6.45) is 0. The first kappa shape index (κ1) is 19.7. The van der Waals surface area contributed by atoms with Gasteiger partial charge in [-0.1, -0.05) is 11.6 Å². The van der Waals surface area contributed by atoms with Gasteiger partial charge in [0.05, 0.1) is 18.1 Å². The van der Waals surface area contributed by atoms with Crippen molar-refractivity contribution in [2.75, 3.05) is 17.7 Å². The second-order valence-electron chi connectivity index (χ2n) is 5.67. The Kier molecular flexibility index (Phi) is 6.77. The van der Waals surface area contributed by atoms with E-state index in [0.717, 1.165) is 26.8 Å². The predicted molar refractivity (Wildman–Crippen MR) is 114 cm³/mol. The topological polar surface area (TPSA) is 51.2 Å². The average Bonchev–Trinajstić information content (AvgIpc) is 3.02. The first-order valence-corrected chi connectivity index (χ1v) is 10.6. The van der Waals surface area contributed by atoms with Gasteiger partial charge in [-0.3, -0.25) is 4.79 Å². The number of thioether (sulfide) groups is 1. The Labute approximate surface area is 171 Å². The SMILES string of the molecule is CCOc1ccc(-c2nc(NC(=O)CSc3ccc(Cl)cc3)sc2C)cc1. The number of aryl methyl sites for hydroxylation is 1. The average molecular weight is 419 g/mol. The van der Waals surface area contributed by atoms with Crippen LogP contribution in [-0.4, -0.2) is 23.3 Å². The van der Waals surface area contributed by atoms with Crippen molar-refractivity contribution in [1.82, 2.24) is 4.98 Å². The molecule has 0 aliphatic heterocycles. The quantitative estimate of drug-likeness (QED) is 0.485. The Morgan fingerprint density at radius 1 is 1.19 bits per heavy atom. The van der Waals surface area contributed by atoms with Crippen LogP contribution < -0.4 is 10.1 Å². The van der Waals surface area contributed by atoms with Crippen LogP contribution in [0.3, 0.4) is 0 Å². The molecule has 1 aromatic heterocycles. The maximum absolute atomic E-state index is 12.2. The van der Waals surface area contributed by atoms with Gasteiger partial charge in [0.1, 0.15) is 5.75 Å². The first-order valence-electron chi connectivity index (χ1n) is 8.44.